The number of likely N-dealkylation sites (N-methyl/N-ethyl adjacent to an activating group) is 3. The van der Waals surface area contributed by atoms with Gasteiger partial charge in [0.2, 0.25) is 0 Å². The molecule has 0 saturated carbocycles. The predicted molar refractivity (Wildman–Crippen MR) is 277 cm³/mol. The number of nitrogens with zero attached hydrogens (tertiary/aromatic N) is 6. The second-order valence-electron chi connectivity index (χ2n) is 16.2. The Labute approximate surface area is 420 Å². The Bertz CT molecular complexity index is 2720. The van der Waals surface area contributed by atoms with Crippen LogP contribution < -0.4 is 17.2 Å². The minimum Gasteiger partial charge on any atom is -0.369 e. The Kier molecular flexibility index (Phi) is 15.7. The minimum atomic E-state index is -1.21. The lowest BCUT2D eigenvalue weighted by molar-refractivity contribution is -0.130. The molecule has 0 aliphatic carbocycles. The smallest absolute Gasteiger partial charge is 0.266 e. The summed E-state index contributed by atoms with van der Waals surface area (Å²) in [4.78, 5) is 94.1. The first-order chi connectivity index (χ1) is 33.0. The van der Waals surface area contributed by atoms with Gasteiger partial charge in [0.1, 0.15) is 0 Å². The number of carbonyl (C=O) groups is 6. The molecular weight excluding hydrogens is 942 g/mol. The highest BCUT2D eigenvalue weighted by Crippen LogP contribution is 2.44. The van der Waals surface area contributed by atoms with Gasteiger partial charge < -0.3 is 17.2 Å². The maximum atomic E-state index is 12.9. The van der Waals surface area contributed by atoms with Crippen LogP contribution in [0.2, 0.25) is 0 Å². The van der Waals surface area contributed by atoms with Crippen molar-refractivity contribution < 1.29 is 28.8 Å². The lowest BCUT2D eigenvalue weighted by atomic mass is 9.84. The van der Waals surface area contributed by atoms with Crippen molar-refractivity contribution in [3.05, 3.63) is 173 Å². The van der Waals surface area contributed by atoms with E-state index in [9.17, 15) is 28.8 Å². The topological polar surface area (TPSA) is 227 Å². The van der Waals surface area contributed by atoms with Crippen LogP contribution in [0.15, 0.2) is 140 Å². The van der Waals surface area contributed by atoms with Crippen LogP contribution in [0.3, 0.4) is 0 Å². The average Bonchev–Trinajstić information content (AvgIpc) is 4.27. The van der Waals surface area contributed by atoms with Crippen LogP contribution in [0, 0.1) is 0 Å². The standard InChI is InChI=1S/3C17H17N3O2S.B/c3*1-3-13(21)14-9-12(10-23-14)17(11-7-5-4-6-8-11)15(22)20(2)16(18)19-17;/h3*4-10H,3H2,1-2H3,(H2,18,19);/t2*17-;;/m10../s1. The first-order valence-corrected chi connectivity index (χ1v) is 24.6. The van der Waals surface area contributed by atoms with Gasteiger partial charge in [-0.3, -0.25) is 43.5 Å². The molecule has 357 valence electrons. The largest absolute Gasteiger partial charge is 0.369 e. The first-order valence-electron chi connectivity index (χ1n) is 21.9. The molecule has 3 aliphatic rings. The number of Topliss-reactive ketones (excluding diaryl/α,β-unsaturated/α-hetero) is 3. The van der Waals surface area contributed by atoms with E-state index in [2.05, 4.69) is 15.0 Å². The maximum absolute atomic E-state index is 12.9. The summed E-state index contributed by atoms with van der Waals surface area (Å²) in [7, 11) is 4.82. The summed E-state index contributed by atoms with van der Waals surface area (Å²) in [5.41, 5.74) is 18.4. The van der Waals surface area contributed by atoms with E-state index in [0.717, 1.165) is 16.7 Å². The Hall–Kier alpha value is -7.35. The molecule has 3 aliphatic heterocycles. The zero-order chi connectivity index (χ0) is 49.8. The molecule has 3 aromatic heterocycles. The minimum absolute atomic E-state index is 0. The van der Waals surface area contributed by atoms with Crippen LogP contribution in [0.5, 0.6) is 0 Å². The normalized spacial score (nSPS) is 20.4. The number of carbonyl (C=O) groups excluding carboxylic acids is 6. The van der Waals surface area contributed by atoms with Crippen LogP contribution in [-0.2, 0) is 31.0 Å². The van der Waals surface area contributed by atoms with Gasteiger partial charge in [-0.2, -0.15) is 0 Å². The third-order valence-corrected chi connectivity index (χ3v) is 15.0. The fraction of sp³-hybridized carbons (Fsp3) is 0.235. The zero-order valence-electron chi connectivity index (χ0n) is 39.4. The lowest BCUT2D eigenvalue weighted by Gasteiger charge is -2.24. The number of guanidine groups is 3. The quantitative estimate of drug-likeness (QED) is 0.0871. The molecule has 3 amide bonds. The van der Waals surface area contributed by atoms with E-state index in [0.29, 0.717) is 50.6 Å². The predicted octanol–water partition coefficient (Wildman–Crippen LogP) is 6.73. The molecule has 6 N–H and O–H groups in total. The van der Waals surface area contributed by atoms with Crippen molar-refractivity contribution in [1.82, 2.24) is 14.7 Å². The number of benzene rings is 3. The Morgan fingerprint density at radius 3 is 0.857 bits per heavy atom. The fourth-order valence-electron chi connectivity index (χ4n) is 8.13. The van der Waals surface area contributed by atoms with Crippen LogP contribution in [0.25, 0.3) is 0 Å². The van der Waals surface area contributed by atoms with Crippen molar-refractivity contribution in [2.75, 3.05) is 21.1 Å². The average molecular weight is 993 g/mol. The lowest BCUT2D eigenvalue weighted by Crippen LogP contribution is -2.40. The molecule has 9 rings (SSSR count). The molecule has 0 saturated heterocycles. The molecule has 3 radical (unpaired) electrons. The summed E-state index contributed by atoms with van der Waals surface area (Å²) < 4.78 is 0. The Balaban J connectivity index is 0.000000171. The third kappa shape index (κ3) is 9.02. The number of hydrogen-bond donors (Lipinski definition) is 3. The molecule has 0 fully saturated rings. The Morgan fingerprint density at radius 2 is 0.671 bits per heavy atom. The summed E-state index contributed by atoms with van der Waals surface area (Å²) >= 11 is 4.01. The van der Waals surface area contributed by atoms with Gasteiger partial charge in [0.25, 0.3) is 17.7 Å². The highest BCUT2D eigenvalue weighted by atomic mass is 32.1. The van der Waals surface area contributed by atoms with E-state index >= 15 is 0 Å². The molecular formula is C51H51BN9O6S3. The van der Waals surface area contributed by atoms with Crippen LogP contribution in [0.1, 0.15) is 102 Å². The van der Waals surface area contributed by atoms with Crippen molar-refractivity contribution >= 4 is 95.4 Å². The van der Waals surface area contributed by atoms with Crippen molar-refractivity contribution in [2.24, 2.45) is 32.2 Å². The van der Waals surface area contributed by atoms with Gasteiger partial charge >= 0.3 is 0 Å². The van der Waals surface area contributed by atoms with Gasteiger partial charge in [-0.15, -0.1) is 34.0 Å². The molecule has 0 spiro atoms. The molecule has 19 heteroatoms. The van der Waals surface area contributed by atoms with Gasteiger partial charge in [0.15, 0.2) is 51.8 Å². The number of nitrogens with two attached hydrogens (primary N) is 3. The van der Waals surface area contributed by atoms with E-state index in [1.807, 2.05) is 128 Å². The number of hydrogen-bond acceptors (Lipinski definition) is 15. The number of thiophene rings is 3. The number of rotatable bonds is 12. The molecule has 6 aromatic rings. The second-order valence-corrected chi connectivity index (χ2v) is 18.9. The number of amides is 3. The third-order valence-electron chi connectivity index (χ3n) is 12.1. The monoisotopic (exact) mass is 992 g/mol. The van der Waals surface area contributed by atoms with Crippen molar-refractivity contribution in [3.63, 3.8) is 0 Å². The molecule has 70 heavy (non-hydrogen) atoms. The van der Waals surface area contributed by atoms with Crippen molar-refractivity contribution in [1.29, 1.82) is 0 Å². The van der Waals surface area contributed by atoms with E-state index in [4.69, 9.17) is 17.2 Å². The van der Waals surface area contributed by atoms with Crippen molar-refractivity contribution in [2.45, 2.75) is 56.7 Å². The van der Waals surface area contributed by atoms with Gasteiger partial charge in [-0.1, -0.05) is 112 Å². The molecule has 15 nitrogen and oxygen atoms in total. The number of aliphatic imine (C=N–C) groups is 3. The van der Waals surface area contributed by atoms with E-state index in [1.54, 1.807) is 39.3 Å². The summed E-state index contributed by atoms with van der Waals surface area (Å²) in [6, 6.07) is 33.2. The molecule has 3 aromatic carbocycles. The van der Waals surface area contributed by atoms with Crippen LogP contribution in [-0.4, -0.2) is 97.2 Å². The SMILES string of the molecule is CCC(=O)c1cc(C2(c3ccccc3)N=C(N)N(C)C2=O)cs1.CCC(=O)c1cc([C@@]2(c3ccccc3)N=C(N)N(C)C2=O)cs1.CCC(=O)c1cc([C@]2(c3ccccc3)N=C(N)N(C)C2=O)cs1.[B]. The summed E-state index contributed by atoms with van der Waals surface area (Å²) in [5, 5.41) is 5.47. The molecule has 6 heterocycles. The van der Waals surface area contributed by atoms with E-state index < -0.39 is 16.6 Å². The fourth-order valence-corrected chi connectivity index (χ4v) is 11.0. The summed E-state index contributed by atoms with van der Waals surface area (Å²) in [6.07, 6.45) is 1.28. The zero-order valence-corrected chi connectivity index (χ0v) is 41.9. The highest BCUT2D eigenvalue weighted by molar-refractivity contribution is 7.13. The summed E-state index contributed by atoms with van der Waals surface area (Å²) in [6.45, 7) is 5.46. The van der Waals surface area contributed by atoms with E-state index in [-0.39, 0.29) is 61.4 Å². The van der Waals surface area contributed by atoms with Crippen LogP contribution >= 0.6 is 34.0 Å². The highest BCUT2D eigenvalue weighted by Gasteiger charge is 2.52. The molecule has 0 bridgehead atoms. The van der Waals surface area contributed by atoms with Gasteiger partial charge in [0, 0.05) is 65.5 Å². The maximum Gasteiger partial charge on any atom is 0.266 e. The molecule has 3 atom stereocenters. The number of ketones is 3. The van der Waals surface area contributed by atoms with Crippen molar-refractivity contribution in [3.8, 4) is 0 Å². The van der Waals surface area contributed by atoms with Gasteiger partial charge in [-0.25, -0.2) is 15.0 Å². The van der Waals surface area contributed by atoms with Crippen LogP contribution in [0.4, 0.5) is 0 Å². The van der Waals surface area contributed by atoms with E-state index in [1.165, 1.54) is 48.7 Å². The van der Waals surface area contributed by atoms with Gasteiger partial charge in [-0.05, 0) is 51.0 Å². The Morgan fingerprint density at radius 1 is 0.443 bits per heavy atom. The molecule has 1 unspecified atom stereocenters. The second kappa shape index (κ2) is 21.1. The summed E-state index contributed by atoms with van der Waals surface area (Å²) in [5.74, 6) is 0.0504. The first kappa shape index (κ1) is 52.0. The van der Waals surface area contributed by atoms with Gasteiger partial charge in [0.05, 0.1) is 14.6 Å².